The molecule has 1 atom stereocenters. The third kappa shape index (κ3) is 2.75. The maximum atomic E-state index is 12.7. The Morgan fingerprint density at radius 3 is 2.57 bits per heavy atom. The molecule has 0 aliphatic heterocycles. The number of rotatable bonds is 3. The van der Waals surface area contributed by atoms with Crippen LogP contribution >= 0.6 is 15.9 Å². The van der Waals surface area contributed by atoms with Crippen LogP contribution in [0, 0.1) is 5.92 Å². The highest BCUT2D eigenvalue weighted by atomic mass is 79.9. The number of aliphatic hydroxyl groups is 1. The van der Waals surface area contributed by atoms with Crippen LogP contribution in [0.1, 0.15) is 0 Å². The van der Waals surface area contributed by atoms with Gasteiger partial charge in [-0.05, 0) is 15.9 Å². The number of aromatic amines is 1. The number of hydrogen-bond donors (Lipinski definition) is 2. The predicted molar refractivity (Wildman–Crippen MR) is 69.9 cm³/mol. The summed E-state index contributed by atoms with van der Waals surface area (Å²) in [6.45, 7) is -2.01. The van der Waals surface area contributed by atoms with E-state index in [9.17, 15) is 22.8 Å². The van der Waals surface area contributed by atoms with Crippen LogP contribution in [-0.2, 0) is 13.6 Å². The lowest BCUT2D eigenvalue weighted by molar-refractivity contribution is -0.187. The Bertz CT molecular complexity index is 792. The van der Waals surface area contributed by atoms with Gasteiger partial charge in [0.15, 0.2) is 15.9 Å². The molecule has 7 nitrogen and oxygen atoms in total. The van der Waals surface area contributed by atoms with Crippen LogP contribution < -0.4 is 11.2 Å². The molecule has 0 aromatic carbocycles. The number of nitrogens with zero attached hydrogens (tertiary/aromatic N) is 3. The van der Waals surface area contributed by atoms with Crippen LogP contribution in [0.2, 0.25) is 0 Å². The zero-order chi connectivity index (χ0) is 15.9. The van der Waals surface area contributed by atoms with E-state index in [1.54, 1.807) is 0 Å². The summed E-state index contributed by atoms with van der Waals surface area (Å²) in [5, 5.41) is 8.86. The van der Waals surface area contributed by atoms with Crippen LogP contribution in [0.25, 0.3) is 11.2 Å². The number of halogens is 4. The molecule has 0 spiro atoms. The van der Waals surface area contributed by atoms with Crippen LogP contribution in [0.3, 0.4) is 0 Å². The third-order valence-electron chi connectivity index (χ3n) is 3.04. The molecule has 0 bridgehead atoms. The minimum atomic E-state index is -4.68. The van der Waals surface area contributed by atoms with E-state index >= 15 is 0 Å². The predicted octanol–water partition coefficient (Wildman–Crippen LogP) is 0.357. The number of aromatic nitrogens is 4. The quantitative estimate of drug-likeness (QED) is 0.762. The van der Waals surface area contributed by atoms with Crippen molar-refractivity contribution < 1.29 is 18.3 Å². The Balaban J connectivity index is 2.67. The van der Waals surface area contributed by atoms with Crippen LogP contribution in [-0.4, -0.2) is 37.0 Å². The van der Waals surface area contributed by atoms with Crippen molar-refractivity contribution in [1.82, 2.24) is 19.1 Å². The molecule has 116 valence electrons. The number of hydrogen-bond acceptors (Lipinski definition) is 4. The normalized spacial score (nSPS) is 13.8. The van der Waals surface area contributed by atoms with Gasteiger partial charge in [0.25, 0.3) is 5.56 Å². The number of nitrogens with one attached hydrogen (secondary N) is 1. The van der Waals surface area contributed by atoms with Gasteiger partial charge in [0.2, 0.25) is 0 Å². The molecule has 0 saturated heterocycles. The van der Waals surface area contributed by atoms with Gasteiger partial charge in [0.1, 0.15) is 0 Å². The van der Waals surface area contributed by atoms with E-state index in [1.807, 2.05) is 4.98 Å². The van der Waals surface area contributed by atoms with Crippen molar-refractivity contribution in [2.45, 2.75) is 12.7 Å². The first-order chi connectivity index (χ1) is 9.66. The fraction of sp³-hybridized carbons (Fsp3) is 0.500. The summed E-state index contributed by atoms with van der Waals surface area (Å²) in [7, 11) is 1.47. The van der Waals surface area contributed by atoms with Gasteiger partial charge in [-0.2, -0.15) is 13.2 Å². The number of aliphatic hydroxyl groups excluding tert-OH is 1. The average molecular weight is 371 g/mol. The molecule has 2 heterocycles. The third-order valence-corrected chi connectivity index (χ3v) is 3.75. The highest BCUT2D eigenvalue weighted by Gasteiger charge is 2.40. The molecule has 11 heteroatoms. The number of alkyl halides is 3. The van der Waals surface area contributed by atoms with Gasteiger partial charge in [-0.3, -0.25) is 14.3 Å². The van der Waals surface area contributed by atoms with Gasteiger partial charge < -0.3 is 9.67 Å². The lowest BCUT2D eigenvalue weighted by atomic mass is 10.1. The number of H-pyrrole nitrogens is 1. The van der Waals surface area contributed by atoms with Gasteiger partial charge in [0, 0.05) is 13.6 Å². The van der Waals surface area contributed by atoms with Crippen molar-refractivity contribution in [2.24, 2.45) is 13.0 Å². The van der Waals surface area contributed by atoms with Crippen molar-refractivity contribution in [3.05, 3.63) is 25.6 Å². The van der Waals surface area contributed by atoms with E-state index in [0.29, 0.717) is 4.57 Å². The summed E-state index contributed by atoms with van der Waals surface area (Å²) in [5.41, 5.74) is -1.98. The summed E-state index contributed by atoms with van der Waals surface area (Å²) in [5.74, 6) is -2.13. The van der Waals surface area contributed by atoms with Gasteiger partial charge in [-0.1, -0.05) is 0 Å². The fourth-order valence-electron chi connectivity index (χ4n) is 1.87. The lowest BCUT2D eigenvalue weighted by Gasteiger charge is -2.18. The Kier molecular flexibility index (Phi) is 3.97. The van der Waals surface area contributed by atoms with E-state index in [2.05, 4.69) is 20.9 Å². The van der Waals surface area contributed by atoms with Crippen molar-refractivity contribution in [3.63, 3.8) is 0 Å². The molecule has 0 fully saturated rings. The van der Waals surface area contributed by atoms with Crippen molar-refractivity contribution in [3.8, 4) is 0 Å². The van der Waals surface area contributed by atoms with E-state index in [0.717, 1.165) is 0 Å². The number of aryl methyl sites for hydroxylation is 1. The molecule has 1 unspecified atom stereocenters. The molecular weight excluding hydrogens is 361 g/mol. The smallest absolute Gasteiger partial charge is 0.395 e. The standard InChI is InChI=1S/C10H10BrF3N4O3/c1-17-5-6(15-8(17)11)18(9(21)16-7(5)20)2-4(3-19)10(12,13)14/h4,19H,2-3H2,1H3,(H,16,20,21). The highest BCUT2D eigenvalue weighted by molar-refractivity contribution is 9.10. The Hall–Kier alpha value is -1.62. The Labute approximate surface area is 123 Å². The average Bonchev–Trinajstić information content (AvgIpc) is 2.64. The van der Waals surface area contributed by atoms with E-state index < -0.39 is 36.5 Å². The van der Waals surface area contributed by atoms with Gasteiger partial charge in [-0.15, -0.1) is 0 Å². The first-order valence-electron chi connectivity index (χ1n) is 5.69. The molecule has 0 radical (unpaired) electrons. The van der Waals surface area contributed by atoms with Crippen LogP contribution in [0.5, 0.6) is 0 Å². The highest BCUT2D eigenvalue weighted by Crippen LogP contribution is 2.27. The molecule has 0 aliphatic rings. The van der Waals surface area contributed by atoms with E-state index in [1.165, 1.54) is 11.6 Å². The van der Waals surface area contributed by atoms with Crippen LogP contribution in [0.15, 0.2) is 14.3 Å². The molecule has 0 saturated carbocycles. The van der Waals surface area contributed by atoms with Crippen molar-refractivity contribution in [1.29, 1.82) is 0 Å². The van der Waals surface area contributed by atoms with Gasteiger partial charge in [-0.25, -0.2) is 9.78 Å². The molecule has 0 amide bonds. The van der Waals surface area contributed by atoms with Gasteiger partial charge >= 0.3 is 11.9 Å². The lowest BCUT2D eigenvalue weighted by Crippen LogP contribution is -2.37. The molecule has 2 aromatic rings. The number of imidazole rings is 1. The molecule has 2 aromatic heterocycles. The SMILES string of the molecule is Cn1c(Br)nc2c1c(=O)[nH]c(=O)n2CC(CO)C(F)(F)F. The second-order valence-corrected chi connectivity index (χ2v) is 5.11. The topological polar surface area (TPSA) is 92.9 Å². The minimum Gasteiger partial charge on any atom is -0.396 e. The summed E-state index contributed by atoms with van der Waals surface area (Å²) in [4.78, 5) is 29.3. The maximum absolute atomic E-state index is 12.7. The fourth-order valence-corrected chi connectivity index (χ4v) is 2.22. The van der Waals surface area contributed by atoms with E-state index in [-0.39, 0.29) is 15.9 Å². The second-order valence-electron chi connectivity index (χ2n) is 4.40. The van der Waals surface area contributed by atoms with Crippen LogP contribution in [0.4, 0.5) is 13.2 Å². The largest absolute Gasteiger partial charge is 0.396 e. The second kappa shape index (κ2) is 5.30. The monoisotopic (exact) mass is 370 g/mol. The molecule has 21 heavy (non-hydrogen) atoms. The van der Waals surface area contributed by atoms with Gasteiger partial charge in [0.05, 0.1) is 12.5 Å². The molecule has 0 aliphatic carbocycles. The summed E-state index contributed by atoms with van der Waals surface area (Å²) < 4.78 is 40.3. The zero-order valence-electron chi connectivity index (χ0n) is 10.6. The summed E-state index contributed by atoms with van der Waals surface area (Å²) in [6.07, 6.45) is -4.68. The van der Waals surface area contributed by atoms with E-state index in [4.69, 9.17) is 5.11 Å². The molecule has 2 rings (SSSR count). The number of fused-ring (bicyclic) bond motifs is 1. The maximum Gasteiger partial charge on any atom is 0.395 e. The molecule has 2 N–H and O–H groups in total. The first kappa shape index (κ1) is 15.8. The summed E-state index contributed by atoms with van der Waals surface area (Å²) >= 11 is 3.04. The van der Waals surface area contributed by atoms with Crippen molar-refractivity contribution >= 4 is 27.1 Å². The first-order valence-corrected chi connectivity index (χ1v) is 6.48. The minimum absolute atomic E-state index is 0.0414. The Morgan fingerprint density at radius 1 is 1.43 bits per heavy atom. The van der Waals surface area contributed by atoms with Crippen molar-refractivity contribution in [2.75, 3.05) is 6.61 Å². The zero-order valence-corrected chi connectivity index (χ0v) is 12.2. The molecular formula is C10H10BrF3N4O3. The Morgan fingerprint density at radius 2 is 2.05 bits per heavy atom. The summed E-state index contributed by atoms with van der Waals surface area (Å²) in [6, 6.07) is 0.